The molecule has 4 nitrogen and oxygen atoms in total. The minimum atomic E-state index is -4.39. The molecule has 1 rings (SSSR count). The van der Waals surface area contributed by atoms with Crippen LogP contribution in [0.15, 0.2) is 29.2 Å². The molecule has 1 atom stereocenters. The van der Waals surface area contributed by atoms with Gasteiger partial charge >= 0.3 is 11.5 Å². The summed E-state index contributed by atoms with van der Waals surface area (Å²) in [6, 6.07) is 3.79. The molecule has 0 fully saturated rings. The molecule has 1 aromatic carbocycles. The molecule has 0 radical (unpaired) electrons. The van der Waals surface area contributed by atoms with Gasteiger partial charge in [0.1, 0.15) is 6.04 Å². The Morgan fingerprint density at radius 1 is 1.29 bits per heavy atom. The van der Waals surface area contributed by atoms with Crippen LogP contribution in [0.2, 0.25) is 0 Å². The van der Waals surface area contributed by atoms with E-state index >= 15 is 0 Å². The lowest BCUT2D eigenvalue weighted by atomic mass is 10.1. The van der Waals surface area contributed by atoms with E-state index in [0.29, 0.717) is 6.42 Å². The van der Waals surface area contributed by atoms with Gasteiger partial charge in [0.15, 0.2) is 0 Å². The van der Waals surface area contributed by atoms with E-state index in [9.17, 15) is 22.8 Å². The van der Waals surface area contributed by atoms with Crippen molar-refractivity contribution in [2.24, 2.45) is 0 Å². The minimum absolute atomic E-state index is 0.0395. The Labute approximate surface area is 123 Å². The summed E-state index contributed by atoms with van der Waals surface area (Å²) in [5, 5.41) is 11.3. The van der Waals surface area contributed by atoms with Crippen LogP contribution < -0.4 is 5.32 Å². The highest BCUT2D eigenvalue weighted by Gasteiger charge is 2.29. The molecule has 8 heteroatoms. The smallest absolute Gasteiger partial charge is 0.446 e. The van der Waals surface area contributed by atoms with Gasteiger partial charge in [-0.15, -0.1) is 0 Å². The fourth-order valence-corrected chi connectivity index (χ4v) is 2.14. The van der Waals surface area contributed by atoms with Crippen LogP contribution in [-0.4, -0.2) is 28.5 Å². The van der Waals surface area contributed by atoms with Crippen molar-refractivity contribution in [3.05, 3.63) is 29.8 Å². The fourth-order valence-electron chi connectivity index (χ4n) is 1.60. The Kier molecular flexibility index (Phi) is 6.07. The van der Waals surface area contributed by atoms with E-state index in [4.69, 9.17) is 5.11 Å². The lowest BCUT2D eigenvalue weighted by Crippen LogP contribution is -2.40. The van der Waals surface area contributed by atoms with Crippen molar-refractivity contribution in [1.82, 2.24) is 5.32 Å². The third kappa shape index (κ3) is 6.07. The van der Waals surface area contributed by atoms with Crippen molar-refractivity contribution in [2.45, 2.75) is 36.2 Å². The topological polar surface area (TPSA) is 66.4 Å². The van der Waals surface area contributed by atoms with Crippen LogP contribution in [0.5, 0.6) is 0 Å². The number of carbonyl (C=O) groups is 2. The highest BCUT2D eigenvalue weighted by Crippen LogP contribution is 2.36. The Morgan fingerprint density at radius 3 is 2.29 bits per heavy atom. The fraction of sp³-hybridized carbons (Fsp3) is 0.385. The van der Waals surface area contributed by atoms with Gasteiger partial charge in [0.25, 0.3) is 5.91 Å². The highest BCUT2D eigenvalue weighted by molar-refractivity contribution is 8.00. The maximum atomic E-state index is 12.2. The molecule has 1 aromatic rings. The predicted molar refractivity (Wildman–Crippen MR) is 72.2 cm³/mol. The van der Waals surface area contributed by atoms with Crippen LogP contribution in [0.25, 0.3) is 0 Å². The Balaban J connectivity index is 2.72. The van der Waals surface area contributed by atoms with Gasteiger partial charge in [-0.2, -0.15) is 13.2 Å². The lowest BCUT2D eigenvalue weighted by Gasteiger charge is -2.13. The molecule has 0 heterocycles. The highest BCUT2D eigenvalue weighted by atomic mass is 32.2. The number of rotatable bonds is 6. The number of halogens is 3. The largest absolute Gasteiger partial charge is 0.480 e. The summed E-state index contributed by atoms with van der Waals surface area (Å²) in [5.74, 6) is -1.77. The predicted octanol–water partition coefficient (Wildman–Crippen LogP) is 3.28. The van der Waals surface area contributed by atoms with E-state index in [0.717, 1.165) is 0 Å². The van der Waals surface area contributed by atoms with Crippen molar-refractivity contribution < 1.29 is 27.9 Å². The van der Waals surface area contributed by atoms with Gasteiger partial charge in [-0.05, 0) is 42.4 Å². The number of amides is 1. The quantitative estimate of drug-likeness (QED) is 0.789. The average molecular weight is 321 g/mol. The van der Waals surface area contributed by atoms with Crippen molar-refractivity contribution in [3.8, 4) is 0 Å². The van der Waals surface area contributed by atoms with Crippen molar-refractivity contribution in [2.75, 3.05) is 0 Å². The normalized spacial score (nSPS) is 12.8. The summed E-state index contributed by atoms with van der Waals surface area (Å²) in [7, 11) is 0. The van der Waals surface area contributed by atoms with Crippen molar-refractivity contribution >= 4 is 23.6 Å². The summed E-state index contributed by atoms with van der Waals surface area (Å²) < 4.78 is 36.5. The van der Waals surface area contributed by atoms with Crippen molar-refractivity contribution in [3.63, 3.8) is 0 Å². The number of hydrogen-bond acceptors (Lipinski definition) is 3. The molecule has 0 spiro atoms. The Hall–Kier alpha value is -1.70. The SMILES string of the molecule is CCC[C@H](NC(=O)c1ccc(SC(F)(F)F)cc1)C(=O)O. The molecule has 21 heavy (non-hydrogen) atoms. The molecular weight excluding hydrogens is 307 g/mol. The molecule has 0 saturated heterocycles. The summed E-state index contributed by atoms with van der Waals surface area (Å²) >= 11 is -0.278. The van der Waals surface area contributed by atoms with Crippen molar-refractivity contribution in [1.29, 1.82) is 0 Å². The third-order valence-corrected chi connectivity index (χ3v) is 3.27. The standard InChI is InChI=1S/C13H14F3NO3S/c1-2-3-10(12(19)20)17-11(18)8-4-6-9(7-5-8)21-13(14,15)16/h4-7,10H,2-3H2,1H3,(H,17,18)(H,19,20)/t10-/m0/s1. The zero-order valence-electron chi connectivity index (χ0n) is 11.1. The zero-order chi connectivity index (χ0) is 16.0. The number of aliphatic carboxylic acids is 1. The van der Waals surface area contributed by atoms with Gasteiger partial charge in [0, 0.05) is 10.5 Å². The minimum Gasteiger partial charge on any atom is -0.480 e. The van der Waals surface area contributed by atoms with Crippen LogP contribution in [0.1, 0.15) is 30.1 Å². The maximum absolute atomic E-state index is 12.2. The van der Waals surface area contributed by atoms with E-state index in [2.05, 4.69) is 5.32 Å². The molecule has 0 aliphatic heterocycles. The molecular formula is C13H14F3NO3S. The summed E-state index contributed by atoms with van der Waals surface area (Å²) in [6.07, 6.45) is 0.863. The van der Waals surface area contributed by atoms with Crippen LogP contribution in [0.4, 0.5) is 13.2 Å². The first kappa shape index (κ1) is 17.4. The van der Waals surface area contributed by atoms with Gasteiger partial charge in [-0.25, -0.2) is 4.79 Å². The lowest BCUT2D eigenvalue weighted by molar-refractivity contribution is -0.139. The molecule has 0 aliphatic rings. The molecule has 0 saturated carbocycles. The number of alkyl halides is 3. The molecule has 116 valence electrons. The van der Waals surface area contributed by atoms with Gasteiger partial charge in [-0.3, -0.25) is 4.79 Å². The number of benzene rings is 1. The second-order valence-electron chi connectivity index (χ2n) is 4.23. The van der Waals surface area contributed by atoms with Crippen LogP contribution in [-0.2, 0) is 4.79 Å². The number of carboxylic acid groups (broad SMARTS) is 1. The van der Waals surface area contributed by atoms with E-state index < -0.39 is 23.4 Å². The number of carboxylic acids is 1. The van der Waals surface area contributed by atoms with Gasteiger partial charge < -0.3 is 10.4 Å². The first-order valence-corrected chi connectivity index (χ1v) is 6.94. The molecule has 2 N–H and O–H groups in total. The summed E-state index contributed by atoms with van der Waals surface area (Å²) in [5.41, 5.74) is -4.27. The Morgan fingerprint density at radius 2 is 1.86 bits per heavy atom. The average Bonchev–Trinajstić information content (AvgIpc) is 2.36. The number of carbonyl (C=O) groups excluding carboxylic acids is 1. The first-order valence-electron chi connectivity index (χ1n) is 6.12. The van der Waals surface area contributed by atoms with Gasteiger partial charge in [0.05, 0.1) is 0 Å². The zero-order valence-corrected chi connectivity index (χ0v) is 11.9. The molecule has 0 aromatic heterocycles. The van der Waals surface area contributed by atoms with E-state index in [1.807, 2.05) is 0 Å². The van der Waals surface area contributed by atoms with Crippen LogP contribution in [0, 0.1) is 0 Å². The monoisotopic (exact) mass is 321 g/mol. The Bertz CT molecular complexity index is 502. The second kappa shape index (κ2) is 7.35. The van der Waals surface area contributed by atoms with Crippen LogP contribution >= 0.6 is 11.8 Å². The molecule has 0 aliphatic carbocycles. The van der Waals surface area contributed by atoms with E-state index in [-0.39, 0.29) is 28.6 Å². The molecule has 1 amide bonds. The van der Waals surface area contributed by atoms with Crippen LogP contribution in [0.3, 0.4) is 0 Å². The number of thioether (sulfide) groups is 1. The van der Waals surface area contributed by atoms with Gasteiger partial charge in [-0.1, -0.05) is 13.3 Å². The summed E-state index contributed by atoms with van der Waals surface area (Å²) in [6.45, 7) is 1.78. The van der Waals surface area contributed by atoms with E-state index in [1.165, 1.54) is 24.3 Å². The van der Waals surface area contributed by atoms with Gasteiger partial charge in [0.2, 0.25) is 0 Å². The third-order valence-electron chi connectivity index (χ3n) is 2.53. The number of nitrogens with one attached hydrogen (secondary N) is 1. The van der Waals surface area contributed by atoms with E-state index in [1.54, 1.807) is 6.92 Å². The molecule has 0 unspecified atom stereocenters. The second-order valence-corrected chi connectivity index (χ2v) is 5.36. The first-order chi connectivity index (χ1) is 9.73. The molecule has 0 bridgehead atoms. The number of hydrogen-bond donors (Lipinski definition) is 2. The summed E-state index contributed by atoms with van der Waals surface area (Å²) in [4.78, 5) is 22.7. The maximum Gasteiger partial charge on any atom is 0.446 e.